The number of carbonyl (C=O) groups excluding carboxylic acids is 1. The molecular weight excluding hydrogens is 276 g/mol. The van der Waals surface area contributed by atoms with E-state index < -0.39 is 0 Å². The first kappa shape index (κ1) is 14.3. The molecule has 0 bridgehead atoms. The molecular formula is C14H16N2O3S. The number of aromatic nitrogens is 1. The number of aromatic hydroxyl groups is 1. The fraction of sp³-hybridized carbons (Fsp3) is 0.286. The van der Waals surface area contributed by atoms with Crippen LogP contribution >= 0.6 is 12.2 Å². The number of nitrogens with zero attached hydrogens (tertiary/aromatic N) is 1. The van der Waals surface area contributed by atoms with Crippen molar-refractivity contribution in [1.29, 1.82) is 0 Å². The third-order valence-corrected chi connectivity index (χ3v) is 3.35. The molecule has 0 aliphatic heterocycles. The molecule has 0 aliphatic rings. The highest BCUT2D eigenvalue weighted by molar-refractivity contribution is 7.80. The number of para-hydroxylation sites is 1. The predicted octanol–water partition coefficient (Wildman–Crippen LogP) is 1.71. The largest absolute Gasteiger partial charge is 0.494 e. The predicted molar refractivity (Wildman–Crippen MR) is 80.9 cm³/mol. The van der Waals surface area contributed by atoms with E-state index in [0.29, 0.717) is 17.2 Å². The fourth-order valence-corrected chi connectivity index (χ4v) is 2.33. The van der Waals surface area contributed by atoms with Gasteiger partial charge in [-0.2, -0.15) is 0 Å². The van der Waals surface area contributed by atoms with Crippen molar-refractivity contribution in [2.24, 2.45) is 7.05 Å². The van der Waals surface area contributed by atoms with Crippen molar-refractivity contribution in [2.45, 2.75) is 6.92 Å². The van der Waals surface area contributed by atoms with Crippen LogP contribution in [0.3, 0.4) is 0 Å². The number of ether oxygens (including phenoxy) is 1. The fourth-order valence-electron chi connectivity index (χ4n) is 2.06. The standard InChI is InChI=1S/C14H16N2O3S/c1-3-19-11(17)8-15-13(20)12-9-6-4-5-7-10(9)16(2)14(12)18/h4-7,18H,3,8H2,1-2H3,(H,15,20). The van der Waals surface area contributed by atoms with Gasteiger partial charge in [-0.25, -0.2) is 0 Å². The maximum absolute atomic E-state index is 11.3. The van der Waals surface area contributed by atoms with Gasteiger partial charge >= 0.3 is 5.97 Å². The van der Waals surface area contributed by atoms with Crippen molar-refractivity contribution in [2.75, 3.05) is 13.2 Å². The SMILES string of the molecule is CCOC(=O)CNC(=S)c1c(O)n(C)c2ccccc12. The zero-order valence-electron chi connectivity index (χ0n) is 11.3. The molecule has 2 aromatic rings. The van der Waals surface area contributed by atoms with Gasteiger partial charge in [0.2, 0.25) is 5.88 Å². The van der Waals surface area contributed by atoms with Crippen LogP contribution in [0.1, 0.15) is 12.5 Å². The van der Waals surface area contributed by atoms with E-state index in [4.69, 9.17) is 17.0 Å². The van der Waals surface area contributed by atoms with E-state index in [1.807, 2.05) is 24.3 Å². The lowest BCUT2D eigenvalue weighted by molar-refractivity contribution is -0.141. The van der Waals surface area contributed by atoms with Crippen molar-refractivity contribution < 1.29 is 14.6 Å². The summed E-state index contributed by atoms with van der Waals surface area (Å²) in [6.45, 7) is 2.05. The lowest BCUT2D eigenvalue weighted by atomic mass is 10.1. The van der Waals surface area contributed by atoms with Crippen LogP contribution in [0.5, 0.6) is 5.88 Å². The van der Waals surface area contributed by atoms with Crippen LogP contribution in [0.2, 0.25) is 0 Å². The molecule has 0 radical (unpaired) electrons. The number of rotatable bonds is 4. The molecule has 20 heavy (non-hydrogen) atoms. The van der Waals surface area contributed by atoms with Gasteiger partial charge in [-0.05, 0) is 13.0 Å². The number of aryl methyl sites for hydroxylation is 1. The van der Waals surface area contributed by atoms with E-state index >= 15 is 0 Å². The lowest BCUT2D eigenvalue weighted by Crippen LogP contribution is -2.29. The monoisotopic (exact) mass is 292 g/mol. The number of nitrogens with one attached hydrogen (secondary N) is 1. The number of hydrogen-bond donors (Lipinski definition) is 2. The zero-order chi connectivity index (χ0) is 14.7. The number of hydrogen-bond acceptors (Lipinski definition) is 4. The second-order valence-corrected chi connectivity index (χ2v) is 4.67. The van der Waals surface area contributed by atoms with Crippen LogP contribution in [0, 0.1) is 0 Å². The third kappa shape index (κ3) is 2.60. The average Bonchev–Trinajstić information content (AvgIpc) is 2.69. The van der Waals surface area contributed by atoms with Crippen LogP contribution in [0.15, 0.2) is 24.3 Å². The topological polar surface area (TPSA) is 63.5 Å². The van der Waals surface area contributed by atoms with Crippen molar-refractivity contribution in [3.8, 4) is 5.88 Å². The van der Waals surface area contributed by atoms with E-state index in [-0.39, 0.29) is 18.4 Å². The summed E-state index contributed by atoms with van der Waals surface area (Å²) in [5, 5.41) is 13.8. The Morgan fingerprint density at radius 3 is 2.85 bits per heavy atom. The first-order valence-electron chi connectivity index (χ1n) is 6.26. The number of benzene rings is 1. The van der Waals surface area contributed by atoms with E-state index in [9.17, 15) is 9.90 Å². The Bertz CT molecular complexity index is 664. The molecule has 0 fully saturated rings. The second kappa shape index (κ2) is 5.92. The Kier molecular flexibility index (Phi) is 4.24. The summed E-state index contributed by atoms with van der Waals surface area (Å²) in [5.74, 6) is -0.304. The second-order valence-electron chi connectivity index (χ2n) is 4.26. The molecule has 2 rings (SSSR count). The molecule has 5 nitrogen and oxygen atoms in total. The molecule has 2 N–H and O–H groups in total. The molecule has 0 spiro atoms. The Morgan fingerprint density at radius 1 is 1.45 bits per heavy atom. The first-order chi connectivity index (χ1) is 9.56. The molecule has 0 aliphatic carbocycles. The molecule has 106 valence electrons. The van der Waals surface area contributed by atoms with Gasteiger partial charge in [0.05, 0.1) is 17.7 Å². The first-order valence-corrected chi connectivity index (χ1v) is 6.67. The van der Waals surface area contributed by atoms with E-state index in [1.54, 1.807) is 18.5 Å². The van der Waals surface area contributed by atoms with Crippen LogP contribution in [-0.4, -0.2) is 33.8 Å². The summed E-state index contributed by atoms with van der Waals surface area (Å²) in [5.41, 5.74) is 1.41. The molecule has 0 atom stereocenters. The highest BCUT2D eigenvalue weighted by Gasteiger charge is 2.18. The number of esters is 1. The van der Waals surface area contributed by atoms with Gasteiger partial charge in [0.25, 0.3) is 0 Å². The van der Waals surface area contributed by atoms with Crippen molar-refractivity contribution in [3.05, 3.63) is 29.8 Å². The summed E-state index contributed by atoms with van der Waals surface area (Å²) in [6.07, 6.45) is 0. The molecule has 0 saturated heterocycles. The van der Waals surface area contributed by atoms with Crippen molar-refractivity contribution in [3.63, 3.8) is 0 Å². The summed E-state index contributed by atoms with van der Waals surface area (Å²) < 4.78 is 6.48. The minimum atomic E-state index is -0.380. The van der Waals surface area contributed by atoms with Crippen LogP contribution in [0.4, 0.5) is 0 Å². The third-order valence-electron chi connectivity index (χ3n) is 3.00. The quantitative estimate of drug-likeness (QED) is 0.663. The Morgan fingerprint density at radius 2 is 2.15 bits per heavy atom. The highest BCUT2D eigenvalue weighted by atomic mass is 32.1. The normalized spacial score (nSPS) is 10.5. The molecule has 0 saturated carbocycles. The van der Waals surface area contributed by atoms with Gasteiger partial charge in [0.1, 0.15) is 11.5 Å². The van der Waals surface area contributed by atoms with Gasteiger partial charge in [-0.3, -0.25) is 4.79 Å². The maximum atomic E-state index is 11.3. The van der Waals surface area contributed by atoms with Crippen molar-refractivity contribution >= 4 is 34.1 Å². The van der Waals surface area contributed by atoms with Gasteiger partial charge in [0.15, 0.2) is 0 Å². The molecule has 1 aromatic carbocycles. The highest BCUT2D eigenvalue weighted by Crippen LogP contribution is 2.30. The molecule has 6 heteroatoms. The Balaban J connectivity index is 2.26. The summed E-state index contributed by atoms with van der Waals surface area (Å²) in [7, 11) is 1.76. The van der Waals surface area contributed by atoms with Crippen molar-refractivity contribution in [1.82, 2.24) is 9.88 Å². The van der Waals surface area contributed by atoms with Crippen LogP contribution in [0.25, 0.3) is 10.9 Å². The van der Waals surface area contributed by atoms with Crippen LogP contribution in [-0.2, 0) is 16.6 Å². The molecule has 1 heterocycles. The summed E-state index contributed by atoms with van der Waals surface area (Å²) >= 11 is 5.26. The average molecular weight is 292 g/mol. The van der Waals surface area contributed by atoms with E-state index in [2.05, 4.69) is 5.32 Å². The molecule has 1 aromatic heterocycles. The minimum Gasteiger partial charge on any atom is -0.494 e. The van der Waals surface area contributed by atoms with E-state index in [0.717, 1.165) is 10.9 Å². The number of thiocarbonyl (C=S) groups is 1. The molecule has 0 unspecified atom stereocenters. The number of carbonyl (C=O) groups is 1. The Labute approximate surface area is 122 Å². The molecule has 0 amide bonds. The summed E-state index contributed by atoms with van der Waals surface area (Å²) in [4.78, 5) is 11.6. The summed E-state index contributed by atoms with van der Waals surface area (Å²) in [6, 6.07) is 7.54. The minimum absolute atomic E-state index is 0.0185. The van der Waals surface area contributed by atoms with Gasteiger partial charge in [0, 0.05) is 12.4 Å². The van der Waals surface area contributed by atoms with Gasteiger partial charge in [-0.15, -0.1) is 0 Å². The van der Waals surface area contributed by atoms with Gasteiger partial charge in [-0.1, -0.05) is 30.4 Å². The lowest BCUT2D eigenvalue weighted by Gasteiger charge is -2.07. The van der Waals surface area contributed by atoms with E-state index in [1.165, 1.54) is 0 Å². The van der Waals surface area contributed by atoms with Crippen LogP contribution < -0.4 is 5.32 Å². The van der Waals surface area contributed by atoms with Gasteiger partial charge < -0.3 is 19.7 Å². The number of fused-ring (bicyclic) bond motifs is 1. The smallest absolute Gasteiger partial charge is 0.325 e. The zero-order valence-corrected chi connectivity index (χ0v) is 12.2. The maximum Gasteiger partial charge on any atom is 0.325 e. The Hall–Kier alpha value is -2.08.